The van der Waals surface area contributed by atoms with Gasteiger partial charge in [0, 0.05) is 24.2 Å². The van der Waals surface area contributed by atoms with Gasteiger partial charge in [-0.1, -0.05) is 30.3 Å². The normalized spacial score (nSPS) is 17.1. The van der Waals surface area contributed by atoms with Gasteiger partial charge in [0.25, 0.3) is 0 Å². The first-order valence-corrected chi connectivity index (χ1v) is 8.33. The summed E-state index contributed by atoms with van der Waals surface area (Å²) in [6.45, 7) is 1.63. The first kappa shape index (κ1) is 14.9. The maximum atomic E-state index is 5.69. The van der Waals surface area contributed by atoms with E-state index in [0.29, 0.717) is 5.95 Å². The van der Waals surface area contributed by atoms with E-state index in [0.717, 1.165) is 48.4 Å². The summed E-state index contributed by atoms with van der Waals surface area (Å²) in [5, 5.41) is 7.73. The van der Waals surface area contributed by atoms with Crippen LogP contribution >= 0.6 is 0 Å². The molecule has 1 fully saturated rings. The lowest BCUT2D eigenvalue weighted by Crippen LogP contribution is -2.19. The molecule has 0 unspecified atom stereocenters. The number of para-hydroxylation sites is 2. The maximum absolute atomic E-state index is 5.69. The molecule has 0 aliphatic carbocycles. The third-order valence-electron chi connectivity index (χ3n) is 4.15. The zero-order valence-electron chi connectivity index (χ0n) is 13.4. The van der Waals surface area contributed by atoms with Crippen LogP contribution in [-0.4, -0.2) is 29.2 Å². The highest BCUT2D eigenvalue weighted by Crippen LogP contribution is 2.24. The molecule has 24 heavy (non-hydrogen) atoms. The number of ether oxygens (including phenoxy) is 1. The second-order valence-electron chi connectivity index (χ2n) is 5.92. The summed E-state index contributed by atoms with van der Waals surface area (Å²) in [5.41, 5.74) is 1.89. The first-order valence-electron chi connectivity index (χ1n) is 8.33. The zero-order chi connectivity index (χ0) is 16.2. The van der Waals surface area contributed by atoms with Gasteiger partial charge in [0.15, 0.2) is 0 Å². The fraction of sp³-hybridized carbons (Fsp3) is 0.263. The minimum absolute atomic E-state index is 0.268. The molecule has 122 valence electrons. The molecule has 0 amide bonds. The second-order valence-corrected chi connectivity index (χ2v) is 5.92. The molecule has 1 saturated heterocycles. The predicted octanol–water partition coefficient (Wildman–Crippen LogP) is 3.96. The van der Waals surface area contributed by atoms with Crippen LogP contribution in [-0.2, 0) is 4.74 Å². The Labute approximate surface area is 141 Å². The summed E-state index contributed by atoms with van der Waals surface area (Å²) in [6.07, 6.45) is 2.51. The van der Waals surface area contributed by atoms with Crippen LogP contribution < -0.4 is 10.6 Å². The molecule has 2 heterocycles. The molecule has 2 aromatic carbocycles. The minimum Gasteiger partial charge on any atom is -0.376 e. The molecule has 5 heteroatoms. The summed E-state index contributed by atoms with van der Waals surface area (Å²) in [6, 6.07) is 18.0. The van der Waals surface area contributed by atoms with Crippen molar-refractivity contribution in [1.29, 1.82) is 0 Å². The molecule has 1 aliphatic rings. The van der Waals surface area contributed by atoms with Crippen molar-refractivity contribution in [2.24, 2.45) is 0 Å². The lowest BCUT2D eigenvalue weighted by molar-refractivity contribution is 0.120. The lowest BCUT2D eigenvalue weighted by Gasteiger charge is -2.14. The number of hydrogen-bond acceptors (Lipinski definition) is 5. The van der Waals surface area contributed by atoms with Gasteiger partial charge < -0.3 is 15.4 Å². The van der Waals surface area contributed by atoms with Crippen molar-refractivity contribution in [3.05, 3.63) is 54.6 Å². The van der Waals surface area contributed by atoms with Crippen LogP contribution in [0, 0.1) is 0 Å². The van der Waals surface area contributed by atoms with Crippen LogP contribution in [0.2, 0.25) is 0 Å². The van der Waals surface area contributed by atoms with Crippen LogP contribution in [0.3, 0.4) is 0 Å². The number of hydrogen-bond donors (Lipinski definition) is 2. The van der Waals surface area contributed by atoms with Crippen LogP contribution in [0.25, 0.3) is 10.9 Å². The molecule has 5 nitrogen and oxygen atoms in total. The van der Waals surface area contributed by atoms with Crippen molar-refractivity contribution in [2.75, 3.05) is 23.8 Å². The Morgan fingerprint density at radius 2 is 1.83 bits per heavy atom. The topological polar surface area (TPSA) is 59.1 Å². The summed E-state index contributed by atoms with van der Waals surface area (Å²) in [5.74, 6) is 1.43. The number of rotatable bonds is 5. The third-order valence-corrected chi connectivity index (χ3v) is 4.15. The van der Waals surface area contributed by atoms with Crippen molar-refractivity contribution in [3.63, 3.8) is 0 Å². The van der Waals surface area contributed by atoms with E-state index in [-0.39, 0.29) is 6.10 Å². The monoisotopic (exact) mass is 320 g/mol. The molecule has 0 spiro atoms. The number of nitrogens with one attached hydrogen (secondary N) is 2. The Hall–Kier alpha value is -2.66. The molecule has 4 rings (SSSR count). The van der Waals surface area contributed by atoms with Crippen LogP contribution in [0.5, 0.6) is 0 Å². The summed E-state index contributed by atoms with van der Waals surface area (Å²) < 4.78 is 5.69. The van der Waals surface area contributed by atoms with Crippen molar-refractivity contribution < 1.29 is 4.74 Å². The van der Waals surface area contributed by atoms with Crippen LogP contribution in [0.4, 0.5) is 17.5 Å². The molecule has 2 N–H and O–H groups in total. The van der Waals surface area contributed by atoms with E-state index in [4.69, 9.17) is 4.74 Å². The molecular formula is C19H20N4O. The van der Waals surface area contributed by atoms with E-state index < -0.39 is 0 Å². The fourth-order valence-corrected chi connectivity index (χ4v) is 2.93. The summed E-state index contributed by atoms with van der Waals surface area (Å²) in [7, 11) is 0. The molecular weight excluding hydrogens is 300 g/mol. The van der Waals surface area contributed by atoms with E-state index in [9.17, 15) is 0 Å². The zero-order valence-corrected chi connectivity index (χ0v) is 13.4. The Kier molecular flexibility index (Phi) is 4.25. The van der Waals surface area contributed by atoms with Gasteiger partial charge in [-0.3, -0.25) is 0 Å². The molecule has 0 bridgehead atoms. The van der Waals surface area contributed by atoms with Gasteiger partial charge in [0.05, 0.1) is 11.6 Å². The van der Waals surface area contributed by atoms with Gasteiger partial charge >= 0.3 is 0 Å². The Balaban J connectivity index is 1.62. The highest BCUT2D eigenvalue weighted by molar-refractivity contribution is 5.90. The Morgan fingerprint density at radius 1 is 1.00 bits per heavy atom. The standard InChI is InChI=1S/C19H20N4O/c1-2-7-14(8-3-1)21-19-22-17-11-5-4-10-16(17)18(23-19)20-13-15-9-6-12-24-15/h1-5,7-8,10-11,15H,6,9,12-13H2,(H2,20,21,22,23)/t15-/m1/s1. The fourth-order valence-electron chi connectivity index (χ4n) is 2.93. The van der Waals surface area contributed by atoms with Gasteiger partial charge in [0.1, 0.15) is 5.82 Å². The van der Waals surface area contributed by atoms with E-state index in [2.05, 4.69) is 20.6 Å². The number of anilines is 3. The molecule has 0 saturated carbocycles. The predicted molar refractivity (Wildman–Crippen MR) is 96.7 cm³/mol. The molecule has 1 aliphatic heterocycles. The van der Waals surface area contributed by atoms with Crippen LogP contribution in [0.15, 0.2) is 54.6 Å². The number of benzene rings is 2. The third kappa shape index (κ3) is 3.31. The van der Waals surface area contributed by atoms with E-state index >= 15 is 0 Å². The molecule has 0 radical (unpaired) electrons. The van der Waals surface area contributed by atoms with Crippen LogP contribution in [0.1, 0.15) is 12.8 Å². The largest absolute Gasteiger partial charge is 0.376 e. The maximum Gasteiger partial charge on any atom is 0.229 e. The van der Waals surface area contributed by atoms with Gasteiger partial charge in [-0.25, -0.2) is 4.98 Å². The average molecular weight is 320 g/mol. The van der Waals surface area contributed by atoms with Crippen molar-refractivity contribution in [3.8, 4) is 0 Å². The quantitative estimate of drug-likeness (QED) is 0.745. The van der Waals surface area contributed by atoms with E-state index in [1.54, 1.807) is 0 Å². The highest BCUT2D eigenvalue weighted by Gasteiger charge is 2.16. The van der Waals surface area contributed by atoms with Gasteiger partial charge in [-0.2, -0.15) is 4.98 Å². The van der Waals surface area contributed by atoms with Crippen molar-refractivity contribution >= 4 is 28.4 Å². The Bertz CT molecular complexity index is 816. The van der Waals surface area contributed by atoms with Crippen molar-refractivity contribution in [2.45, 2.75) is 18.9 Å². The summed E-state index contributed by atoms with van der Waals surface area (Å²) in [4.78, 5) is 9.29. The summed E-state index contributed by atoms with van der Waals surface area (Å²) >= 11 is 0. The van der Waals surface area contributed by atoms with E-state index in [1.165, 1.54) is 0 Å². The first-order chi connectivity index (χ1) is 11.9. The SMILES string of the molecule is c1ccc(Nc2nc(NC[C@H]3CCCO3)c3ccccc3n2)cc1. The number of fused-ring (bicyclic) bond motifs is 1. The number of nitrogens with zero attached hydrogens (tertiary/aromatic N) is 2. The minimum atomic E-state index is 0.268. The van der Waals surface area contributed by atoms with Gasteiger partial charge in [0.2, 0.25) is 5.95 Å². The van der Waals surface area contributed by atoms with E-state index in [1.807, 2.05) is 54.6 Å². The van der Waals surface area contributed by atoms with Gasteiger partial charge in [-0.15, -0.1) is 0 Å². The van der Waals surface area contributed by atoms with Crippen molar-refractivity contribution in [1.82, 2.24) is 9.97 Å². The average Bonchev–Trinajstić information content (AvgIpc) is 3.14. The Morgan fingerprint density at radius 3 is 2.67 bits per heavy atom. The highest BCUT2D eigenvalue weighted by atomic mass is 16.5. The van der Waals surface area contributed by atoms with Gasteiger partial charge in [-0.05, 0) is 37.1 Å². The second kappa shape index (κ2) is 6.84. The lowest BCUT2D eigenvalue weighted by atomic mass is 10.2. The molecule has 3 aromatic rings. The molecule has 1 atom stereocenters. The smallest absolute Gasteiger partial charge is 0.229 e. The molecule has 1 aromatic heterocycles. The number of aromatic nitrogens is 2.